The van der Waals surface area contributed by atoms with E-state index in [0.717, 1.165) is 45.3 Å². The number of piperazine rings is 1. The first kappa shape index (κ1) is 21.9. The molecule has 0 unspecified atom stereocenters. The molecule has 8 nitrogen and oxygen atoms in total. The van der Waals surface area contributed by atoms with Crippen LogP contribution < -0.4 is 5.32 Å². The summed E-state index contributed by atoms with van der Waals surface area (Å²) >= 11 is 6.00. The lowest BCUT2D eigenvalue weighted by Crippen LogP contribution is -2.63. The van der Waals surface area contributed by atoms with E-state index in [-0.39, 0.29) is 29.5 Å². The van der Waals surface area contributed by atoms with Crippen LogP contribution in [0.4, 0.5) is 10.5 Å². The molecule has 2 N–H and O–H groups in total. The van der Waals surface area contributed by atoms with Crippen molar-refractivity contribution >= 4 is 29.2 Å². The average molecular weight is 463 g/mol. The molecule has 1 saturated carbocycles. The van der Waals surface area contributed by atoms with E-state index in [0.29, 0.717) is 23.9 Å². The highest BCUT2D eigenvalue weighted by Gasteiger charge is 2.51. The van der Waals surface area contributed by atoms with Gasteiger partial charge in [0.05, 0.1) is 25.3 Å². The van der Waals surface area contributed by atoms with E-state index in [1.54, 1.807) is 31.2 Å². The zero-order valence-corrected chi connectivity index (χ0v) is 19.1. The molecule has 4 fully saturated rings. The molecule has 9 heteroatoms. The van der Waals surface area contributed by atoms with Gasteiger partial charge in [0.2, 0.25) is 5.91 Å². The number of halogens is 1. The van der Waals surface area contributed by atoms with Gasteiger partial charge in [-0.05, 0) is 62.8 Å². The van der Waals surface area contributed by atoms with E-state index >= 15 is 0 Å². The van der Waals surface area contributed by atoms with Crippen LogP contribution in [0.25, 0.3) is 0 Å². The molecule has 3 heterocycles. The molecule has 3 saturated heterocycles. The second kappa shape index (κ2) is 8.48. The van der Waals surface area contributed by atoms with Crippen molar-refractivity contribution in [2.24, 2.45) is 5.41 Å². The summed E-state index contributed by atoms with van der Waals surface area (Å²) < 4.78 is 5.94. The minimum absolute atomic E-state index is 0.00189. The van der Waals surface area contributed by atoms with Gasteiger partial charge in [-0.1, -0.05) is 17.7 Å². The van der Waals surface area contributed by atoms with E-state index in [4.69, 9.17) is 16.3 Å². The average Bonchev–Trinajstić information content (AvgIpc) is 3.43. The Morgan fingerprint density at radius 3 is 2.84 bits per heavy atom. The van der Waals surface area contributed by atoms with Crippen LogP contribution in [-0.2, 0) is 9.53 Å². The van der Waals surface area contributed by atoms with Crippen molar-refractivity contribution in [2.75, 3.05) is 38.1 Å². The van der Waals surface area contributed by atoms with E-state index in [2.05, 4.69) is 10.2 Å². The minimum Gasteiger partial charge on any atom is -0.391 e. The number of ether oxygens (including phenoxy) is 1. The van der Waals surface area contributed by atoms with Crippen molar-refractivity contribution in [1.82, 2.24) is 14.7 Å². The van der Waals surface area contributed by atoms with Gasteiger partial charge in [-0.25, -0.2) is 4.79 Å². The third-order valence-corrected chi connectivity index (χ3v) is 7.92. The number of aliphatic hydroxyl groups is 1. The summed E-state index contributed by atoms with van der Waals surface area (Å²) in [5.74, 6) is -0.0828. The number of carbonyl (C=O) groups is 2. The van der Waals surface area contributed by atoms with Gasteiger partial charge < -0.3 is 29.9 Å². The van der Waals surface area contributed by atoms with Gasteiger partial charge in [0.25, 0.3) is 0 Å². The van der Waals surface area contributed by atoms with Gasteiger partial charge in [0.15, 0.2) is 6.23 Å². The van der Waals surface area contributed by atoms with Crippen LogP contribution in [-0.4, -0.2) is 88.9 Å². The number of urea groups is 1. The molecule has 3 amide bonds. The number of piperidine rings is 1. The second-order valence-corrected chi connectivity index (χ2v) is 10.1. The molecule has 0 radical (unpaired) electrons. The van der Waals surface area contributed by atoms with Gasteiger partial charge >= 0.3 is 6.03 Å². The molecule has 32 heavy (non-hydrogen) atoms. The second-order valence-electron chi connectivity index (χ2n) is 9.67. The Kier molecular flexibility index (Phi) is 5.82. The summed E-state index contributed by atoms with van der Waals surface area (Å²) in [4.78, 5) is 31.7. The standard InChI is InChI=1S/C23H31ClN4O4/c1-15-21(30)28-18(5-9-26-10-8-23(6-7-23)19(29)12-26)14-32-20(28)13-27(15)22(31)25-17-4-2-3-16(24)11-17/h2-4,11,15,18-20,29H,5-10,12-14H2,1H3,(H,25,31)/t15-,18-,19+,20-/m0/s1. The van der Waals surface area contributed by atoms with E-state index in [9.17, 15) is 14.7 Å². The summed E-state index contributed by atoms with van der Waals surface area (Å²) in [5.41, 5.74) is 0.789. The summed E-state index contributed by atoms with van der Waals surface area (Å²) in [6.07, 6.45) is 3.53. The fraction of sp³-hybridized carbons (Fsp3) is 0.652. The number of amides is 3. The van der Waals surface area contributed by atoms with Crippen LogP contribution in [0.1, 0.15) is 32.6 Å². The first-order valence-electron chi connectivity index (χ1n) is 11.5. The molecule has 1 aromatic carbocycles. The zero-order chi connectivity index (χ0) is 22.5. The molecule has 1 aliphatic carbocycles. The topological polar surface area (TPSA) is 85.4 Å². The van der Waals surface area contributed by atoms with Crippen LogP contribution in [0.5, 0.6) is 0 Å². The zero-order valence-electron chi connectivity index (χ0n) is 18.4. The number of hydrogen-bond acceptors (Lipinski definition) is 5. The van der Waals surface area contributed by atoms with Gasteiger partial charge in [-0.3, -0.25) is 4.79 Å². The predicted molar refractivity (Wildman–Crippen MR) is 120 cm³/mol. The predicted octanol–water partition coefficient (Wildman–Crippen LogP) is 2.37. The fourth-order valence-electron chi connectivity index (χ4n) is 5.35. The highest BCUT2D eigenvalue weighted by Crippen LogP contribution is 2.53. The number of β-amino-alcohol motifs (C(OH)–C–C–N with tert-alkyl or cyclic N) is 1. The van der Waals surface area contributed by atoms with Gasteiger partial charge in [0, 0.05) is 23.8 Å². The van der Waals surface area contributed by atoms with E-state index in [1.165, 1.54) is 4.90 Å². The summed E-state index contributed by atoms with van der Waals surface area (Å²) in [6, 6.07) is 6.04. The number of nitrogens with zero attached hydrogens (tertiary/aromatic N) is 3. The Bertz CT molecular complexity index is 895. The van der Waals surface area contributed by atoms with Gasteiger partial charge in [0.1, 0.15) is 6.04 Å². The summed E-state index contributed by atoms with van der Waals surface area (Å²) in [6.45, 7) is 5.15. The Morgan fingerprint density at radius 1 is 1.31 bits per heavy atom. The van der Waals surface area contributed by atoms with Crippen LogP contribution in [0.2, 0.25) is 5.02 Å². The Labute approximate surface area is 193 Å². The number of anilines is 1. The van der Waals surface area contributed by atoms with Crippen LogP contribution in [0.15, 0.2) is 24.3 Å². The lowest BCUT2D eigenvalue weighted by Gasteiger charge is -2.42. The molecule has 0 aromatic heterocycles. The molecule has 174 valence electrons. The number of carbonyl (C=O) groups excluding carboxylic acids is 2. The first-order valence-corrected chi connectivity index (χ1v) is 11.9. The third-order valence-electron chi connectivity index (χ3n) is 7.69. The molecule has 1 spiro atoms. The molecule has 4 atom stereocenters. The number of rotatable bonds is 4. The van der Waals surface area contributed by atoms with Crippen LogP contribution >= 0.6 is 11.6 Å². The highest BCUT2D eigenvalue weighted by molar-refractivity contribution is 6.30. The number of aliphatic hydroxyl groups excluding tert-OH is 1. The quantitative estimate of drug-likeness (QED) is 0.717. The first-order chi connectivity index (χ1) is 15.4. The highest BCUT2D eigenvalue weighted by atomic mass is 35.5. The molecule has 1 aromatic rings. The third kappa shape index (κ3) is 4.09. The Morgan fingerprint density at radius 2 is 2.12 bits per heavy atom. The summed E-state index contributed by atoms with van der Waals surface area (Å²) in [5, 5.41) is 13.8. The van der Waals surface area contributed by atoms with Crippen molar-refractivity contribution < 1.29 is 19.4 Å². The summed E-state index contributed by atoms with van der Waals surface area (Å²) in [7, 11) is 0. The molecule has 0 bridgehead atoms. The molecular weight excluding hydrogens is 432 g/mol. The molecule has 5 rings (SSSR count). The molecule has 3 aliphatic heterocycles. The van der Waals surface area contributed by atoms with Gasteiger partial charge in [-0.2, -0.15) is 0 Å². The molecular formula is C23H31ClN4O4. The normalized spacial score (nSPS) is 31.7. The number of hydrogen-bond donors (Lipinski definition) is 2. The largest absolute Gasteiger partial charge is 0.391 e. The monoisotopic (exact) mass is 462 g/mol. The maximum Gasteiger partial charge on any atom is 0.322 e. The Balaban J connectivity index is 1.17. The van der Waals surface area contributed by atoms with Crippen LogP contribution in [0, 0.1) is 5.41 Å². The number of benzene rings is 1. The van der Waals surface area contributed by atoms with Crippen molar-refractivity contribution in [1.29, 1.82) is 0 Å². The smallest absolute Gasteiger partial charge is 0.322 e. The van der Waals surface area contributed by atoms with Crippen molar-refractivity contribution in [3.63, 3.8) is 0 Å². The van der Waals surface area contributed by atoms with Gasteiger partial charge in [-0.15, -0.1) is 0 Å². The van der Waals surface area contributed by atoms with Crippen molar-refractivity contribution in [3.8, 4) is 0 Å². The number of nitrogens with one attached hydrogen (secondary N) is 1. The maximum absolute atomic E-state index is 13.2. The van der Waals surface area contributed by atoms with Crippen LogP contribution in [0.3, 0.4) is 0 Å². The molecule has 4 aliphatic rings. The number of fused-ring (bicyclic) bond motifs is 1. The maximum atomic E-state index is 13.2. The minimum atomic E-state index is -0.568. The lowest BCUT2D eigenvalue weighted by atomic mass is 9.90. The Hall–Kier alpha value is -1.87. The van der Waals surface area contributed by atoms with Crippen molar-refractivity contribution in [3.05, 3.63) is 29.3 Å². The van der Waals surface area contributed by atoms with Crippen molar-refractivity contribution in [2.45, 2.75) is 57.0 Å². The number of likely N-dealkylation sites (tertiary alicyclic amines) is 1. The van der Waals surface area contributed by atoms with E-state index < -0.39 is 12.3 Å². The lowest BCUT2D eigenvalue weighted by molar-refractivity contribution is -0.150. The fourth-order valence-corrected chi connectivity index (χ4v) is 5.54. The SMILES string of the molecule is C[C@H]1C(=O)N2[C@@H](CCN3CCC4(CC4)[C@H](O)C3)CO[C@H]2CN1C(=O)Nc1cccc(Cl)c1. The van der Waals surface area contributed by atoms with E-state index in [1.807, 2.05) is 4.90 Å².